The van der Waals surface area contributed by atoms with Crippen LogP contribution in [0.25, 0.3) is 0 Å². The van der Waals surface area contributed by atoms with E-state index in [0.717, 1.165) is 30.6 Å². The quantitative estimate of drug-likeness (QED) is 0.462. The van der Waals surface area contributed by atoms with E-state index in [9.17, 15) is 4.79 Å². The lowest BCUT2D eigenvalue weighted by atomic mass is 9.65. The van der Waals surface area contributed by atoms with Gasteiger partial charge in [-0.1, -0.05) is 45.4 Å². The number of methoxy groups -OCH3 is 1. The van der Waals surface area contributed by atoms with Gasteiger partial charge < -0.3 is 4.74 Å². The number of unbranched alkanes of at least 4 members (excludes halogenated alkanes) is 2. The Labute approximate surface area is 137 Å². The Bertz CT molecular complexity index is 334. The third-order valence-electron chi connectivity index (χ3n) is 6.59. The van der Waals surface area contributed by atoms with Gasteiger partial charge in [0.2, 0.25) is 0 Å². The van der Waals surface area contributed by atoms with Crippen LogP contribution in [0.2, 0.25) is 0 Å². The number of hydrogen-bond acceptors (Lipinski definition) is 2. The Morgan fingerprint density at radius 2 is 1.59 bits per heavy atom. The van der Waals surface area contributed by atoms with Crippen LogP contribution in [-0.4, -0.2) is 13.1 Å². The van der Waals surface area contributed by atoms with E-state index < -0.39 is 0 Å². The van der Waals surface area contributed by atoms with Crippen LogP contribution in [-0.2, 0) is 9.53 Å². The van der Waals surface area contributed by atoms with E-state index in [-0.39, 0.29) is 11.4 Å². The summed E-state index contributed by atoms with van der Waals surface area (Å²) in [4.78, 5) is 11.9. The highest BCUT2D eigenvalue weighted by molar-refractivity contribution is 5.76. The summed E-state index contributed by atoms with van der Waals surface area (Å²) in [7, 11) is 1.53. The van der Waals surface area contributed by atoms with Crippen LogP contribution in [0.1, 0.15) is 90.9 Å². The maximum absolute atomic E-state index is 11.9. The van der Waals surface area contributed by atoms with Crippen molar-refractivity contribution in [3.63, 3.8) is 0 Å². The number of hydrogen-bond donors (Lipinski definition) is 0. The van der Waals surface area contributed by atoms with Crippen molar-refractivity contribution in [3.05, 3.63) is 0 Å². The van der Waals surface area contributed by atoms with Crippen LogP contribution in [0.3, 0.4) is 0 Å². The van der Waals surface area contributed by atoms with E-state index in [1.54, 1.807) is 0 Å². The van der Waals surface area contributed by atoms with Crippen LogP contribution >= 0.6 is 0 Å². The summed E-state index contributed by atoms with van der Waals surface area (Å²) < 4.78 is 5.00. The Balaban J connectivity index is 1.71. The molecule has 0 aliphatic heterocycles. The van der Waals surface area contributed by atoms with Crippen LogP contribution < -0.4 is 0 Å². The van der Waals surface area contributed by atoms with Gasteiger partial charge in [-0.25, -0.2) is 0 Å². The Hall–Kier alpha value is -0.530. The molecule has 0 atom stereocenters. The second kappa shape index (κ2) is 8.36. The molecular formula is C20H36O2. The topological polar surface area (TPSA) is 26.3 Å². The molecule has 2 fully saturated rings. The average Bonchev–Trinajstić information content (AvgIpc) is 2.56. The number of esters is 1. The first-order chi connectivity index (χ1) is 10.6. The lowest BCUT2D eigenvalue weighted by Crippen LogP contribution is -2.36. The lowest BCUT2D eigenvalue weighted by molar-refractivity contribution is -0.154. The first kappa shape index (κ1) is 17.8. The molecule has 0 spiro atoms. The van der Waals surface area contributed by atoms with Crippen LogP contribution in [0.15, 0.2) is 0 Å². The van der Waals surface area contributed by atoms with Gasteiger partial charge in [-0.2, -0.15) is 0 Å². The number of carbonyl (C=O) groups is 1. The molecule has 0 amide bonds. The van der Waals surface area contributed by atoms with E-state index in [4.69, 9.17) is 4.74 Å². The fourth-order valence-electron chi connectivity index (χ4n) is 4.83. The van der Waals surface area contributed by atoms with Gasteiger partial charge in [-0.3, -0.25) is 4.79 Å². The summed E-state index contributed by atoms with van der Waals surface area (Å²) >= 11 is 0. The molecule has 2 saturated carbocycles. The van der Waals surface area contributed by atoms with Gasteiger partial charge in [0.15, 0.2) is 0 Å². The fraction of sp³-hybridized carbons (Fsp3) is 0.950. The molecule has 0 aromatic rings. The minimum Gasteiger partial charge on any atom is -0.469 e. The maximum atomic E-state index is 11.9. The van der Waals surface area contributed by atoms with E-state index >= 15 is 0 Å². The molecule has 0 bridgehead atoms. The molecule has 2 heteroatoms. The minimum atomic E-state index is -0.206. The highest BCUT2D eigenvalue weighted by Gasteiger charge is 2.40. The van der Waals surface area contributed by atoms with E-state index in [1.165, 1.54) is 71.3 Å². The van der Waals surface area contributed by atoms with Crippen molar-refractivity contribution >= 4 is 5.97 Å². The molecule has 0 radical (unpaired) electrons. The Morgan fingerprint density at radius 1 is 1.00 bits per heavy atom. The summed E-state index contributed by atoms with van der Waals surface area (Å²) in [5.74, 6) is 2.82. The Kier molecular flexibility index (Phi) is 6.77. The molecule has 2 nitrogen and oxygen atoms in total. The zero-order valence-electron chi connectivity index (χ0n) is 15.0. The first-order valence-corrected chi connectivity index (χ1v) is 9.67. The van der Waals surface area contributed by atoms with Gasteiger partial charge in [0.25, 0.3) is 0 Å². The zero-order valence-corrected chi connectivity index (χ0v) is 15.0. The largest absolute Gasteiger partial charge is 0.469 e. The van der Waals surface area contributed by atoms with Crippen LogP contribution in [0.5, 0.6) is 0 Å². The van der Waals surface area contributed by atoms with Gasteiger partial charge in [0.1, 0.15) is 0 Å². The monoisotopic (exact) mass is 308 g/mol. The number of ether oxygens (including phenoxy) is 1. The smallest absolute Gasteiger partial charge is 0.311 e. The number of rotatable bonds is 6. The molecular weight excluding hydrogens is 272 g/mol. The van der Waals surface area contributed by atoms with Crippen molar-refractivity contribution in [1.82, 2.24) is 0 Å². The zero-order chi connectivity index (χ0) is 16.0. The van der Waals surface area contributed by atoms with Crippen molar-refractivity contribution in [2.24, 2.45) is 23.2 Å². The molecule has 2 aliphatic carbocycles. The Morgan fingerprint density at radius 3 is 2.14 bits per heavy atom. The maximum Gasteiger partial charge on any atom is 0.311 e. The van der Waals surface area contributed by atoms with Crippen LogP contribution in [0.4, 0.5) is 0 Å². The molecule has 0 N–H and O–H groups in total. The van der Waals surface area contributed by atoms with Gasteiger partial charge in [-0.05, 0) is 63.2 Å². The second-order valence-corrected chi connectivity index (χ2v) is 8.17. The molecule has 22 heavy (non-hydrogen) atoms. The van der Waals surface area contributed by atoms with Crippen molar-refractivity contribution in [2.45, 2.75) is 90.9 Å². The standard InChI is InChI=1S/C20H36O2/c1-4-5-6-7-16-8-10-17(11-9-16)18-12-14-20(2,15-13-18)19(21)22-3/h16-18H,4-15H2,1-3H3. The summed E-state index contributed by atoms with van der Waals surface area (Å²) in [6, 6.07) is 0. The predicted octanol–water partition coefficient (Wildman–Crippen LogP) is 5.74. The van der Waals surface area contributed by atoms with Gasteiger partial charge in [0.05, 0.1) is 12.5 Å². The molecule has 0 aromatic heterocycles. The van der Waals surface area contributed by atoms with E-state index in [1.807, 2.05) is 0 Å². The predicted molar refractivity (Wildman–Crippen MR) is 91.7 cm³/mol. The van der Waals surface area contributed by atoms with Crippen LogP contribution in [0, 0.1) is 23.2 Å². The van der Waals surface area contributed by atoms with Gasteiger partial charge in [-0.15, -0.1) is 0 Å². The van der Waals surface area contributed by atoms with E-state index in [2.05, 4.69) is 13.8 Å². The minimum absolute atomic E-state index is 0.00517. The molecule has 0 heterocycles. The summed E-state index contributed by atoms with van der Waals surface area (Å²) in [5.41, 5.74) is -0.206. The summed E-state index contributed by atoms with van der Waals surface area (Å²) in [6.07, 6.45) is 16.0. The van der Waals surface area contributed by atoms with Crippen molar-refractivity contribution < 1.29 is 9.53 Å². The molecule has 0 unspecified atom stereocenters. The van der Waals surface area contributed by atoms with Gasteiger partial charge >= 0.3 is 5.97 Å². The third-order valence-corrected chi connectivity index (χ3v) is 6.59. The second-order valence-electron chi connectivity index (χ2n) is 8.17. The first-order valence-electron chi connectivity index (χ1n) is 9.67. The lowest BCUT2D eigenvalue weighted by Gasteiger charge is -2.40. The molecule has 0 aromatic carbocycles. The molecule has 2 aliphatic rings. The fourth-order valence-corrected chi connectivity index (χ4v) is 4.83. The SMILES string of the molecule is CCCCCC1CCC(C2CCC(C)(C(=O)OC)CC2)CC1. The normalized spacial score (nSPS) is 36.0. The summed E-state index contributed by atoms with van der Waals surface area (Å²) in [6.45, 7) is 4.39. The summed E-state index contributed by atoms with van der Waals surface area (Å²) in [5, 5.41) is 0. The number of carbonyl (C=O) groups excluding carboxylic acids is 1. The van der Waals surface area contributed by atoms with Crippen molar-refractivity contribution in [3.8, 4) is 0 Å². The molecule has 0 saturated heterocycles. The molecule has 128 valence electrons. The van der Waals surface area contributed by atoms with Crippen molar-refractivity contribution in [2.75, 3.05) is 7.11 Å². The highest BCUT2D eigenvalue weighted by Crippen LogP contribution is 2.46. The van der Waals surface area contributed by atoms with Crippen molar-refractivity contribution in [1.29, 1.82) is 0 Å². The van der Waals surface area contributed by atoms with E-state index in [0.29, 0.717) is 0 Å². The highest BCUT2D eigenvalue weighted by atomic mass is 16.5. The third kappa shape index (κ3) is 4.49. The van der Waals surface area contributed by atoms with Gasteiger partial charge in [0, 0.05) is 0 Å². The molecule has 2 rings (SSSR count). The average molecular weight is 309 g/mol.